The van der Waals surface area contributed by atoms with E-state index in [0.717, 1.165) is 24.8 Å². The third-order valence-corrected chi connectivity index (χ3v) is 5.33. The Morgan fingerprint density at radius 1 is 0.929 bits per heavy atom. The zero-order valence-electron chi connectivity index (χ0n) is 16.3. The Hall–Kier alpha value is -2.71. The van der Waals surface area contributed by atoms with Crippen LogP contribution in [0.3, 0.4) is 0 Å². The van der Waals surface area contributed by atoms with Crippen molar-refractivity contribution in [3.8, 4) is 17.2 Å². The number of unbranched alkanes of at least 4 members (excludes halogenated alkanes) is 1. The Bertz CT molecular complexity index is 883. The molecule has 28 heavy (non-hydrogen) atoms. The summed E-state index contributed by atoms with van der Waals surface area (Å²) in [6, 6.07) is 12.0. The van der Waals surface area contributed by atoms with Crippen molar-refractivity contribution < 1.29 is 22.6 Å². The van der Waals surface area contributed by atoms with Crippen LogP contribution in [0.5, 0.6) is 17.2 Å². The highest BCUT2D eigenvalue weighted by atomic mass is 32.2. The molecule has 2 aromatic carbocycles. The number of hydrogen-bond donors (Lipinski definition) is 2. The molecule has 8 heteroatoms. The fourth-order valence-corrected chi connectivity index (χ4v) is 3.54. The van der Waals surface area contributed by atoms with E-state index in [4.69, 9.17) is 14.2 Å². The number of rotatable bonds is 11. The summed E-state index contributed by atoms with van der Waals surface area (Å²) in [7, 11) is 1.19. The maximum Gasteiger partial charge on any atom is 0.257 e. The van der Waals surface area contributed by atoms with Crippen molar-refractivity contribution in [2.45, 2.75) is 24.2 Å². The number of methoxy groups -OCH3 is 3. The molecule has 0 saturated carbocycles. The average Bonchev–Trinajstić information content (AvgIpc) is 2.72. The molecule has 0 aliphatic rings. The van der Waals surface area contributed by atoms with Gasteiger partial charge in [-0.3, -0.25) is 0 Å². The molecule has 0 aliphatic heterocycles. The van der Waals surface area contributed by atoms with Gasteiger partial charge in [-0.25, -0.2) is 8.42 Å². The summed E-state index contributed by atoms with van der Waals surface area (Å²) >= 11 is 0. The normalized spacial score (nSPS) is 11.4. The Kier molecular flexibility index (Phi) is 8.16. The second-order valence-electron chi connectivity index (χ2n) is 5.85. The quantitative estimate of drug-likeness (QED) is 0.441. The van der Waals surface area contributed by atoms with Gasteiger partial charge in [-0.15, -0.1) is 4.83 Å². The summed E-state index contributed by atoms with van der Waals surface area (Å²) in [6.07, 6.45) is 5.84. The van der Waals surface area contributed by atoms with E-state index in [1.54, 1.807) is 45.7 Å². The molecular formula is C20H26N2O5S. The molecule has 7 nitrogen and oxygen atoms in total. The van der Waals surface area contributed by atoms with Crippen LogP contribution in [0.4, 0.5) is 0 Å². The molecule has 152 valence electrons. The number of hydrogen-bond acceptors (Lipinski definition) is 6. The minimum absolute atomic E-state index is 0.205. The van der Waals surface area contributed by atoms with Gasteiger partial charge < -0.3 is 19.6 Å². The number of benzene rings is 2. The van der Waals surface area contributed by atoms with E-state index in [2.05, 4.69) is 10.3 Å². The van der Waals surface area contributed by atoms with E-state index in [-0.39, 0.29) is 4.90 Å². The van der Waals surface area contributed by atoms with Crippen LogP contribution in [-0.4, -0.2) is 29.7 Å². The molecule has 2 aromatic rings. The fraction of sp³-hybridized carbons (Fsp3) is 0.300. The van der Waals surface area contributed by atoms with Gasteiger partial charge in [-0.1, -0.05) is 30.3 Å². The molecule has 0 bridgehead atoms. The molecule has 2 rings (SSSR count). The second-order valence-corrected chi connectivity index (χ2v) is 7.53. The SMILES string of the molecule is COc1ccc(CCC/C=C\NNS(=O)(=O)c2ccccc2)c(OC)c1OC. The van der Waals surface area contributed by atoms with Crippen molar-refractivity contribution in [2.75, 3.05) is 21.3 Å². The van der Waals surface area contributed by atoms with Gasteiger partial charge in [-0.2, -0.15) is 0 Å². The van der Waals surface area contributed by atoms with Crippen molar-refractivity contribution in [2.24, 2.45) is 0 Å². The fourth-order valence-electron chi connectivity index (χ4n) is 2.68. The summed E-state index contributed by atoms with van der Waals surface area (Å²) < 4.78 is 40.2. The summed E-state index contributed by atoms with van der Waals surface area (Å²) in [6.45, 7) is 0. The minimum atomic E-state index is -3.57. The topological polar surface area (TPSA) is 85.9 Å². The largest absolute Gasteiger partial charge is 0.493 e. The lowest BCUT2D eigenvalue weighted by Crippen LogP contribution is -2.33. The van der Waals surface area contributed by atoms with Crippen LogP contribution >= 0.6 is 0 Å². The number of nitrogens with one attached hydrogen (secondary N) is 2. The minimum Gasteiger partial charge on any atom is -0.493 e. The highest BCUT2D eigenvalue weighted by Crippen LogP contribution is 2.40. The highest BCUT2D eigenvalue weighted by molar-refractivity contribution is 7.89. The summed E-state index contributed by atoms with van der Waals surface area (Å²) in [5, 5.41) is 0. The molecule has 0 aromatic heterocycles. The number of allylic oxidation sites excluding steroid dienone is 1. The molecule has 2 N–H and O–H groups in total. The summed E-state index contributed by atoms with van der Waals surface area (Å²) in [5.41, 5.74) is 3.62. The van der Waals surface area contributed by atoms with Crippen molar-refractivity contribution >= 4 is 10.0 Å². The van der Waals surface area contributed by atoms with E-state index < -0.39 is 10.0 Å². The second kappa shape index (κ2) is 10.6. The number of hydrazine groups is 1. The lowest BCUT2D eigenvalue weighted by Gasteiger charge is -2.15. The number of sulfonamides is 1. The van der Waals surface area contributed by atoms with Gasteiger partial charge in [-0.05, 0) is 43.0 Å². The van der Waals surface area contributed by atoms with Crippen molar-refractivity contribution in [1.82, 2.24) is 10.3 Å². The standard InChI is InChI=1S/C20H26N2O5S/c1-25-18-14-13-16(19(26-2)20(18)27-3)10-6-5-9-15-21-22-28(23,24)17-11-7-4-8-12-17/h4,7-9,11-15,21-22H,5-6,10H2,1-3H3/b15-9-. The third-order valence-electron chi connectivity index (χ3n) is 4.05. The molecule has 0 radical (unpaired) electrons. The van der Waals surface area contributed by atoms with Gasteiger partial charge in [0, 0.05) is 6.20 Å². The van der Waals surface area contributed by atoms with Crippen LogP contribution < -0.4 is 24.5 Å². The first-order valence-electron chi connectivity index (χ1n) is 8.78. The van der Waals surface area contributed by atoms with Crippen molar-refractivity contribution in [3.05, 3.63) is 60.3 Å². The van der Waals surface area contributed by atoms with Gasteiger partial charge in [0.15, 0.2) is 11.5 Å². The van der Waals surface area contributed by atoms with Crippen molar-refractivity contribution in [1.29, 1.82) is 0 Å². The molecule has 0 unspecified atom stereocenters. The van der Waals surface area contributed by atoms with Gasteiger partial charge in [0.25, 0.3) is 10.0 Å². The zero-order valence-corrected chi connectivity index (χ0v) is 17.1. The molecular weight excluding hydrogens is 380 g/mol. The van der Waals surface area contributed by atoms with Crippen LogP contribution in [-0.2, 0) is 16.4 Å². The molecule has 0 atom stereocenters. The van der Waals surface area contributed by atoms with E-state index in [1.807, 2.05) is 18.2 Å². The average molecular weight is 407 g/mol. The number of aryl methyl sites for hydroxylation is 1. The van der Waals surface area contributed by atoms with Crippen molar-refractivity contribution in [3.63, 3.8) is 0 Å². The molecule has 0 aliphatic carbocycles. The maximum absolute atomic E-state index is 12.0. The predicted octanol–water partition coefficient (Wildman–Crippen LogP) is 3.03. The molecule has 0 saturated heterocycles. The third kappa shape index (κ3) is 5.64. The molecule has 0 amide bonds. The zero-order chi connectivity index (χ0) is 20.4. The number of ether oxygens (including phenoxy) is 3. The van der Waals surface area contributed by atoms with E-state index in [9.17, 15) is 8.42 Å². The smallest absolute Gasteiger partial charge is 0.257 e. The Balaban J connectivity index is 1.83. The van der Waals surface area contributed by atoms with Crippen LogP contribution in [0.1, 0.15) is 18.4 Å². The van der Waals surface area contributed by atoms with E-state index in [1.165, 1.54) is 12.1 Å². The van der Waals surface area contributed by atoms with Gasteiger partial charge >= 0.3 is 0 Å². The molecule has 0 fully saturated rings. The Morgan fingerprint density at radius 3 is 2.29 bits per heavy atom. The molecule has 0 heterocycles. The maximum atomic E-state index is 12.0. The van der Waals surface area contributed by atoms with E-state index >= 15 is 0 Å². The lowest BCUT2D eigenvalue weighted by atomic mass is 10.1. The van der Waals surface area contributed by atoms with Gasteiger partial charge in [0.05, 0.1) is 26.2 Å². The Labute approximate surface area is 166 Å². The molecule has 0 spiro atoms. The van der Waals surface area contributed by atoms with Gasteiger partial charge in [0.2, 0.25) is 5.75 Å². The summed E-state index contributed by atoms with van der Waals surface area (Å²) in [5.74, 6) is 1.87. The lowest BCUT2D eigenvalue weighted by molar-refractivity contribution is 0.322. The Morgan fingerprint density at radius 2 is 1.64 bits per heavy atom. The summed E-state index contributed by atoms with van der Waals surface area (Å²) in [4.78, 5) is 2.52. The first-order chi connectivity index (χ1) is 13.5. The first-order valence-corrected chi connectivity index (χ1v) is 10.3. The van der Waals surface area contributed by atoms with Crippen LogP contribution in [0.25, 0.3) is 0 Å². The van der Waals surface area contributed by atoms with Crippen LogP contribution in [0, 0.1) is 0 Å². The van der Waals surface area contributed by atoms with Gasteiger partial charge in [0.1, 0.15) is 0 Å². The van der Waals surface area contributed by atoms with Crippen LogP contribution in [0.2, 0.25) is 0 Å². The first kappa shape index (κ1) is 21.6. The predicted molar refractivity (Wildman–Crippen MR) is 108 cm³/mol. The van der Waals surface area contributed by atoms with E-state index in [0.29, 0.717) is 17.2 Å². The monoisotopic (exact) mass is 406 g/mol. The van der Waals surface area contributed by atoms with Crippen LogP contribution in [0.15, 0.2) is 59.6 Å². The highest BCUT2D eigenvalue weighted by Gasteiger charge is 2.15.